The lowest BCUT2D eigenvalue weighted by molar-refractivity contribution is 0.474. The summed E-state index contributed by atoms with van der Waals surface area (Å²) in [6, 6.07) is 10.3. The number of aromatic hydroxyl groups is 2. The topological polar surface area (TPSA) is 40.5 Å². The van der Waals surface area contributed by atoms with Crippen LogP contribution >= 0.6 is 23.2 Å². The predicted octanol–water partition coefficient (Wildman–Crippen LogP) is 4.71. The highest BCUT2D eigenvalue weighted by Gasteiger charge is 1.94. The van der Waals surface area contributed by atoms with Crippen LogP contribution in [0.3, 0.4) is 0 Å². The first-order valence-electron chi connectivity index (χ1n) is 5.30. The summed E-state index contributed by atoms with van der Waals surface area (Å²) in [5.41, 5.74) is 2.02. The van der Waals surface area contributed by atoms with Crippen molar-refractivity contribution in [3.63, 3.8) is 0 Å². The van der Waals surface area contributed by atoms with Gasteiger partial charge in [-0.15, -0.1) is 0 Å². The molecule has 0 saturated carbocycles. The number of halogens is 2. The molecule has 0 aliphatic heterocycles. The molecular formula is C14H14Cl2O2. The van der Waals surface area contributed by atoms with Crippen LogP contribution in [0.15, 0.2) is 36.4 Å². The number of rotatable bonds is 0. The Morgan fingerprint density at radius 2 is 1.06 bits per heavy atom. The van der Waals surface area contributed by atoms with Crippen LogP contribution in [0, 0.1) is 13.8 Å². The Morgan fingerprint density at radius 3 is 1.28 bits per heavy atom. The maximum absolute atomic E-state index is 8.97. The van der Waals surface area contributed by atoms with E-state index < -0.39 is 0 Å². The minimum absolute atomic E-state index is 0.150. The normalized spacial score (nSPS) is 9.56. The lowest BCUT2D eigenvalue weighted by Crippen LogP contribution is -1.70. The summed E-state index contributed by atoms with van der Waals surface area (Å²) in [5.74, 6) is 0.299. The zero-order valence-electron chi connectivity index (χ0n) is 10.1. The molecule has 0 bridgehead atoms. The summed E-state index contributed by atoms with van der Waals surface area (Å²) in [4.78, 5) is 0. The quantitative estimate of drug-likeness (QED) is 0.736. The Morgan fingerprint density at radius 1 is 0.722 bits per heavy atom. The van der Waals surface area contributed by atoms with E-state index in [4.69, 9.17) is 33.4 Å². The van der Waals surface area contributed by atoms with Gasteiger partial charge in [0.25, 0.3) is 0 Å². The third kappa shape index (κ3) is 4.47. The van der Waals surface area contributed by atoms with Gasteiger partial charge in [0.1, 0.15) is 11.5 Å². The molecule has 0 radical (unpaired) electrons. The van der Waals surface area contributed by atoms with E-state index in [2.05, 4.69) is 0 Å². The highest BCUT2D eigenvalue weighted by molar-refractivity contribution is 6.32. The van der Waals surface area contributed by atoms with Gasteiger partial charge in [0, 0.05) is 0 Å². The molecule has 0 aromatic heterocycles. The van der Waals surface area contributed by atoms with Gasteiger partial charge < -0.3 is 10.2 Å². The van der Waals surface area contributed by atoms with Crippen molar-refractivity contribution in [1.29, 1.82) is 0 Å². The lowest BCUT2D eigenvalue weighted by Gasteiger charge is -1.95. The molecular weight excluding hydrogens is 271 g/mol. The van der Waals surface area contributed by atoms with Gasteiger partial charge >= 0.3 is 0 Å². The molecule has 0 atom stereocenters. The second kappa shape index (κ2) is 6.53. The number of hydrogen-bond donors (Lipinski definition) is 2. The molecule has 2 N–H and O–H groups in total. The maximum Gasteiger partial charge on any atom is 0.134 e. The zero-order chi connectivity index (χ0) is 13.7. The zero-order valence-corrected chi connectivity index (χ0v) is 11.6. The highest BCUT2D eigenvalue weighted by Crippen LogP contribution is 2.23. The average Bonchev–Trinajstić information content (AvgIpc) is 2.30. The molecule has 0 fully saturated rings. The molecule has 0 amide bonds. The monoisotopic (exact) mass is 284 g/mol. The van der Waals surface area contributed by atoms with Crippen LogP contribution in [-0.2, 0) is 0 Å². The van der Waals surface area contributed by atoms with Gasteiger partial charge in [-0.2, -0.15) is 0 Å². The number of phenols is 2. The van der Waals surface area contributed by atoms with Crippen LogP contribution in [0.2, 0.25) is 10.0 Å². The van der Waals surface area contributed by atoms with E-state index in [9.17, 15) is 0 Å². The summed E-state index contributed by atoms with van der Waals surface area (Å²) >= 11 is 11.1. The number of benzene rings is 2. The molecule has 0 spiro atoms. The second-order valence-electron chi connectivity index (χ2n) is 3.91. The Kier molecular flexibility index (Phi) is 5.32. The summed E-state index contributed by atoms with van der Waals surface area (Å²) in [7, 11) is 0. The highest BCUT2D eigenvalue weighted by atomic mass is 35.5. The van der Waals surface area contributed by atoms with Crippen molar-refractivity contribution in [1.82, 2.24) is 0 Å². The Hall–Kier alpha value is -1.38. The average molecular weight is 285 g/mol. The summed E-state index contributed by atoms with van der Waals surface area (Å²) < 4.78 is 0. The van der Waals surface area contributed by atoms with Gasteiger partial charge in [-0.05, 0) is 49.2 Å². The third-order valence-corrected chi connectivity index (χ3v) is 2.84. The summed E-state index contributed by atoms with van der Waals surface area (Å²) in [6.45, 7) is 3.80. The first-order chi connectivity index (χ1) is 8.40. The minimum atomic E-state index is 0.150. The van der Waals surface area contributed by atoms with E-state index in [1.54, 1.807) is 24.3 Å². The van der Waals surface area contributed by atoms with E-state index in [0.717, 1.165) is 11.1 Å². The molecule has 2 rings (SSSR count). The van der Waals surface area contributed by atoms with Gasteiger partial charge in [-0.1, -0.05) is 35.3 Å². The minimum Gasteiger partial charge on any atom is -0.506 e. The van der Waals surface area contributed by atoms with Crippen molar-refractivity contribution in [2.24, 2.45) is 0 Å². The second-order valence-corrected chi connectivity index (χ2v) is 4.72. The largest absolute Gasteiger partial charge is 0.506 e. The predicted molar refractivity (Wildman–Crippen MR) is 75.7 cm³/mol. The van der Waals surface area contributed by atoms with Crippen LogP contribution < -0.4 is 0 Å². The Labute approximate surface area is 116 Å². The van der Waals surface area contributed by atoms with Crippen LogP contribution in [0.4, 0.5) is 0 Å². The van der Waals surface area contributed by atoms with E-state index >= 15 is 0 Å². The molecule has 0 unspecified atom stereocenters. The molecule has 96 valence electrons. The van der Waals surface area contributed by atoms with E-state index in [1.165, 1.54) is 0 Å². The molecule has 2 aromatic carbocycles. The molecule has 0 heterocycles. The molecule has 0 aliphatic carbocycles. The number of aryl methyl sites for hydroxylation is 2. The van der Waals surface area contributed by atoms with Crippen molar-refractivity contribution >= 4 is 23.2 Å². The molecule has 18 heavy (non-hydrogen) atoms. The first-order valence-corrected chi connectivity index (χ1v) is 6.06. The van der Waals surface area contributed by atoms with Crippen molar-refractivity contribution in [2.75, 3.05) is 0 Å². The fourth-order valence-electron chi connectivity index (χ4n) is 1.25. The first kappa shape index (κ1) is 14.7. The summed E-state index contributed by atoms with van der Waals surface area (Å²) in [6.07, 6.45) is 0. The van der Waals surface area contributed by atoms with Crippen LogP contribution in [-0.4, -0.2) is 10.2 Å². The van der Waals surface area contributed by atoms with Gasteiger partial charge in [0.2, 0.25) is 0 Å². The fourth-order valence-corrected chi connectivity index (χ4v) is 1.48. The van der Waals surface area contributed by atoms with Crippen LogP contribution in [0.25, 0.3) is 0 Å². The van der Waals surface area contributed by atoms with Crippen LogP contribution in [0.5, 0.6) is 11.5 Å². The smallest absolute Gasteiger partial charge is 0.134 e. The van der Waals surface area contributed by atoms with Crippen molar-refractivity contribution in [2.45, 2.75) is 13.8 Å². The molecule has 2 nitrogen and oxygen atoms in total. The molecule has 0 saturated heterocycles. The van der Waals surface area contributed by atoms with Gasteiger partial charge in [0.05, 0.1) is 10.0 Å². The number of hydrogen-bond acceptors (Lipinski definition) is 2. The molecule has 0 aliphatic rings. The van der Waals surface area contributed by atoms with Gasteiger partial charge in [0.15, 0.2) is 0 Å². The third-order valence-electron chi connectivity index (χ3n) is 2.20. The Balaban J connectivity index is 0.000000180. The maximum atomic E-state index is 8.97. The van der Waals surface area contributed by atoms with Crippen LogP contribution in [0.1, 0.15) is 11.1 Å². The lowest BCUT2D eigenvalue weighted by atomic mass is 10.2. The molecule has 4 heteroatoms. The fraction of sp³-hybridized carbons (Fsp3) is 0.143. The van der Waals surface area contributed by atoms with E-state index in [1.807, 2.05) is 26.0 Å². The van der Waals surface area contributed by atoms with Gasteiger partial charge in [-0.25, -0.2) is 0 Å². The summed E-state index contributed by atoms with van der Waals surface area (Å²) in [5, 5.41) is 18.7. The van der Waals surface area contributed by atoms with Gasteiger partial charge in [-0.3, -0.25) is 0 Å². The SMILES string of the molecule is Cc1ccc(Cl)c(O)c1.Cc1ccc(Cl)c(O)c1. The molecule has 2 aromatic rings. The van der Waals surface area contributed by atoms with E-state index in [-0.39, 0.29) is 11.5 Å². The Bertz CT molecular complexity index is 490. The van der Waals surface area contributed by atoms with Crippen molar-refractivity contribution < 1.29 is 10.2 Å². The van der Waals surface area contributed by atoms with Crippen molar-refractivity contribution in [3.8, 4) is 11.5 Å². The van der Waals surface area contributed by atoms with Crippen molar-refractivity contribution in [3.05, 3.63) is 57.6 Å². The van der Waals surface area contributed by atoms with E-state index in [0.29, 0.717) is 10.0 Å². The number of phenolic OH excluding ortho intramolecular Hbond substituents is 2. The standard InChI is InChI=1S/2C7H7ClO/c2*1-5-2-3-6(8)7(9)4-5/h2*2-4,9H,1H3.